The van der Waals surface area contributed by atoms with E-state index in [2.05, 4.69) is 36.8 Å². The van der Waals surface area contributed by atoms with Crippen LogP contribution in [0.25, 0.3) is 0 Å². The third kappa shape index (κ3) is 3.67. The molecule has 1 aliphatic carbocycles. The van der Waals surface area contributed by atoms with Crippen LogP contribution in [0.3, 0.4) is 0 Å². The van der Waals surface area contributed by atoms with Gasteiger partial charge in [-0.2, -0.15) is 5.10 Å². The molecule has 120 valence electrons. The highest BCUT2D eigenvalue weighted by atomic mass is 15.3. The number of aryl methyl sites for hydroxylation is 2. The van der Waals surface area contributed by atoms with Crippen LogP contribution in [0.5, 0.6) is 0 Å². The third-order valence-electron chi connectivity index (χ3n) is 5.20. The molecule has 4 nitrogen and oxygen atoms in total. The van der Waals surface area contributed by atoms with Crippen LogP contribution in [0.4, 0.5) is 0 Å². The van der Waals surface area contributed by atoms with E-state index in [4.69, 9.17) is 5.73 Å². The molecule has 1 aromatic heterocycles. The van der Waals surface area contributed by atoms with E-state index in [-0.39, 0.29) is 5.54 Å². The molecule has 2 rings (SSSR count). The maximum atomic E-state index is 6.25. The molecule has 4 heteroatoms. The first-order valence-corrected chi connectivity index (χ1v) is 8.45. The molecule has 21 heavy (non-hydrogen) atoms. The van der Waals surface area contributed by atoms with Gasteiger partial charge in [-0.3, -0.25) is 9.58 Å². The molecule has 1 saturated carbocycles. The number of nitrogens with zero attached hydrogens (tertiary/aromatic N) is 3. The molecule has 0 bridgehead atoms. The van der Waals surface area contributed by atoms with Crippen molar-refractivity contribution in [3.8, 4) is 0 Å². The zero-order valence-corrected chi connectivity index (χ0v) is 14.2. The molecular weight excluding hydrogens is 260 g/mol. The second kappa shape index (κ2) is 6.93. The zero-order valence-electron chi connectivity index (χ0n) is 14.2. The second-order valence-corrected chi connectivity index (χ2v) is 6.93. The summed E-state index contributed by atoms with van der Waals surface area (Å²) >= 11 is 0. The van der Waals surface area contributed by atoms with Gasteiger partial charge in [0.2, 0.25) is 0 Å². The van der Waals surface area contributed by atoms with E-state index in [9.17, 15) is 0 Å². The Balaban J connectivity index is 2.18. The van der Waals surface area contributed by atoms with Crippen LogP contribution < -0.4 is 5.73 Å². The SMILES string of the molecule is CCCN(Cc1cc(C)nn1C)C1(CN)CCC(C)CC1. The fourth-order valence-corrected chi connectivity index (χ4v) is 3.71. The van der Waals surface area contributed by atoms with Crippen LogP contribution in [0, 0.1) is 12.8 Å². The lowest BCUT2D eigenvalue weighted by Crippen LogP contribution is -2.55. The van der Waals surface area contributed by atoms with Crippen LogP contribution >= 0.6 is 0 Å². The van der Waals surface area contributed by atoms with Crippen molar-refractivity contribution < 1.29 is 0 Å². The summed E-state index contributed by atoms with van der Waals surface area (Å²) in [7, 11) is 2.05. The molecule has 0 unspecified atom stereocenters. The summed E-state index contributed by atoms with van der Waals surface area (Å²) in [6, 6.07) is 2.21. The maximum absolute atomic E-state index is 6.25. The van der Waals surface area contributed by atoms with Crippen LogP contribution in [-0.4, -0.2) is 33.3 Å². The summed E-state index contributed by atoms with van der Waals surface area (Å²) in [6.07, 6.45) is 6.26. The molecule has 1 heterocycles. The van der Waals surface area contributed by atoms with E-state index >= 15 is 0 Å². The van der Waals surface area contributed by atoms with E-state index in [1.165, 1.54) is 37.8 Å². The quantitative estimate of drug-likeness (QED) is 0.877. The fraction of sp³-hybridized carbons (Fsp3) is 0.824. The molecule has 0 aliphatic heterocycles. The van der Waals surface area contributed by atoms with Crippen molar-refractivity contribution >= 4 is 0 Å². The molecule has 1 fully saturated rings. The number of hydrogen-bond donors (Lipinski definition) is 1. The van der Waals surface area contributed by atoms with Gasteiger partial charge in [-0.1, -0.05) is 13.8 Å². The lowest BCUT2D eigenvalue weighted by molar-refractivity contribution is 0.0358. The van der Waals surface area contributed by atoms with E-state index in [0.29, 0.717) is 0 Å². The van der Waals surface area contributed by atoms with Crippen molar-refractivity contribution in [3.05, 3.63) is 17.5 Å². The Morgan fingerprint density at radius 1 is 1.43 bits per heavy atom. The molecule has 1 aliphatic rings. The maximum Gasteiger partial charge on any atom is 0.0597 e. The largest absolute Gasteiger partial charge is 0.329 e. The molecule has 0 saturated heterocycles. The van der Waals surface area contributed by atoms with Gasteiger partial charge >= 0.3 is 0 Å². The molecule has 1 aromatic rings. The summed E-state index contributed by atoms with van der Waals surface area (Å²) in [6.45, 7) is 9.56. The molecule has 2 N–H and O–H groups in total. The first kappa shape index (κ1) is 16.5. The first-order valence-electron chi connectivity index (χ1n) is 8.45. The van der Waals surface area contributed by atoms with Crippen molar-refractivity contribution in [2.24, 2.45) is 18.7 Å². The molecule has 0 aromatic carbocycles. The normalized spacial score (nSPS) is 26.5. The average Bonchev–Trinajstić information content (AvgIpc) is 2.78. The van der Waals surface area contributed by atoms with Gasteiger partial charge in [-0.15, -0.1) is 0 Å². The van der Waals surface area contributed by atoms with E-state index < -0.39 is 0 Å². The second-order valence-electron chi connectivity index (χ2n) is 6.93. The van der Waals surface area contributed by atoms with Gasteiger partial charge in [0.1, 0.15) is 0 Å². The van der Waals surface area contributed by atoms with Gasteiger partial charge in [0.05, 0.1) is 11.4 Å². The minimum atomic E-state index is 0.195. The van der Waals surface area contributed by atoms with E-state index in [1.54, 1.807) is 0 Å². The Labute approximate surface area is 129 Å². The van der Waals surface area contributed by atoms with Gasteiger partial charge in [0.15, 0.2) is 0 Å². The lowest BCUT2D eigenvalue weighted by atomic mass is 9.75. The van der Waals surface area contributed by atoms with Crippen LogP contribution in [0.15, 0.2) is 6.07 Å². The standard InChI is InChI=1S/C17H32N4/c1-5-10-21(12-16-11-15(3)19-20(16)4)17(13-18)8-6-14(2)7-9-17/h11,14H,5-10,12-13,18H2,1-4H3. The highest BCUT2D eigenvalue weighted by Crippen LogP contribution is 2.36. The fourth-order valence-electron chi connectivity index (χ4n) is 3.71. The first-order chi connectivity index (χ1) is 10.0. The monoisotopic (exact) mass is 292 g/mol. The molecule has 0 radical (unpaired) electrons. The number of nitrogens with two attached hydrogens (primary N) is 1. The minimum absolute atomic E-state index is 0.195. The van der Waals surface area contributed by atoms with Crippen LogP contribution in [-0.2, 0) is 13.6 Å². The van der Waals surface area contributed by atoms with Gasteiger partial charge in [-0.25, -0.2) is 0 Å². The third-order valence-corrected chi connectivity index (χ3v) is 5.20. The smallest absolute Gasteiger partial charge is 0.0597 e. The Kier molecular flexibility index (Phi) is 5.44. The summed E-state index contributed by atoms with van der Waals surface area (Å²) < 4.78 is 2.02. The molecule has 0 atom stereocenters. The van der Waals surface area contributed by atoms with Crippen LogP contribution in [0.2, 0.25) is 0 Å². The predicted octanol–water partition coefficient (Wildman–Crippen LogP) is 2.85. The Morgan fingerprint density at radius 3 is 2.57 bits per heavy atom. The summed E-state index contributed by atoms with van der Waals surface area (Å²) in [5.74, 6) is 0.854. The number of rotatable bonds is 6. The summed E-state index contributed by atoms with van der Waals surface area (Å²) in [4.78, 5) is 2.63. The van der Waals surface area contributed by atoms with Crippen molar-refractivity contribution in [2.45, 2.75) is 65.0 Å². The van der Waals surface area contributed by atoms with Gasteiger partial charge in [0, 0.05) is 25.7 Å². The lowest BCUT2D eigenvalue weighted by Gasteiger charge is -2.47. The number of aromatic nitrogens is 2. The highest BCUT2D eigenvalue weighted by Gasteiger charge is 2.38. The minimum Gasteiger partial charge on any atom is -0.329 e. The average molecular weight is 292 g/mol. The van der Waals surface area contributed by atoms with Crippen molar-refractivity contribution in [3.63, 3.8) is 0 Å². The van der Waals surface area contributed by atoms with Crippen molar-refractivity contribution in [1.82, 2.24) is 14.7 Å². The van der Waals surface area contributed by atoms with Crippen molar-refractivity contribution in [2.75, 3.05) is 13.1 Å². The van der Waals surface area contributed by atoms with Crippen molar-refractivity contribution in [1.29, 1.82) is 0 Å². The van der Waals surface area contributed by atoms with Gasteiger partial charge < -0.3 is 5.73 Å². The number of hydrogen-bond acceptors (Lipinski definition) is 3. The van der Waals surface area contributed by atoms with E-state index in [0.717, 1.165) is 31.2 Å². The van der Waals surface area contributed by atoms with Crippen LogP contribution in [0.1, 0.15) is 57.3 Å². The zero-order chi connectivity index (χ0) is 15.5. The molecule has 0 spiro atoms. The van der Waals surface area contributed by atoms with E-state index in [1.807, 2.05) is 11.7 Å². The molecular formula is C17H32N4. The van der Waals surface area contributed by atoms with Gasteiger partial charge in [-0.05, 0) is 57.6 Å². The molecule has 0 amide bonds. The summed E-state index contributed by atoms with van der Waals surface area (Å²) in [5.41, 5.74) is 8.84. The Morgan fingerprint density at radius 2 is 2.10 bits per heavy atom. The highest BCUT2D eigenvalue weighted by molar-refractivity contribution is 5.10. The predicted molar refractivity (Wildman–Crippen MR) is 88.1 cm³/mol. The summed E-state index contributed by atoms with van der Waals surface area (Å²) in [5, 5.41) is 4.49. The Hall–Kier alpha value is -0.870. The Bertz CT molecular complexity index is 444. The topological polar surface area (TPSA) is 47.1 Å². The van der Waals surface area contributed by atoms with Gasteiger partial charge in [0.25, 0.3) is 0 Å².